The van der Waals surface area contributed by atoms with Gasteiger partial charge in [-0.25, -0.2) is 4.98 Å². The third-order valence-electron chi connectivity index (χ3n) is 4.26. The minimum Gasteiger partial charge on any atom is -0.345 e. The van der Waals surface area contributed by atoms with Gasteiger partial charge in [0.05, 0.1) is 0 Å². The smallest absolute Gasteiger partial charge is 0.290 e. The maximum atomic E-state index is 12.2. The number of amides is 1. The first-order chi connectivity index (χ1) is 9.54. The van der Waals surface area contributed by atoms with E-state index in [1.807, 2.05) is 0 Å². The summed E-state index contributed by atoms with van der Waals surface area (Å²) in [5.74, 6) is 1.28. The molecule has 2 heterocycles. The summed E-state index contributed by atoms with van der Waals surface area (Å²) in [5, 5.41) is 4.13. The summed E-state index contributed by atoms with van der Waals surface area (Å²) in [5.41, 5.74) is 0. The Morgan fingerprint density at radius 3 is 2.75 bits per heavy atom. The van der Waals surface area contributed by atoms with Gasteiger partial charge < -0.3 is 5.32 Å². The second-order valence-electron chi connectivity index (χ2n) is 6.34. The topological polar surface area (TPSA) is 58.1 Å². The predicted molar refractivity (Wildman–Crippen MR) is 79.0 cm³/mol. The molecule has 6 heteroatoms. The van der Waals surface area contributed by atoms with E-state index in [9.17, 15) is 4.79 Å². The number of hydrogen-bond donors (Lipinski definition) is 1. The zero-order valence-electron chi connectivity index (χ0n) is 12.3. The van der Waals surface area contributed by atoms with Gasteiger partial charge in [-0.3, -0.25) is 9.69 Å². The van der Waals surface area contributed by atoms with Crippen LogP contribution in [0.15, 0.2) is 0 Å². The van der Waals surface area contributed by atoms with E-state index < -0.39 is 0 Å². The fourth-order valence-electron chi connectivity index (χ4n) is 2.67. The number of likely N-dealkylation sites (tertiary alicyclic amines) is 1. The molecule has 2 aliphatic rings. The summed E-state index contributed by atoms with van der Waals surface area (Å²) >= 11 is 1.38. The average molecular weight is 294 g/mol. The van der Waals surface area contributed by atoms with Gasteiger partial charge in [-0.05, 0) is 44.1 Å². The third kappa shape index (κ3) is 2.86. The number of carbonyl (C=O) groups excluding carboxylic acids is 1. The summed E-state index contributed by atoms with van der Waals surface area (Å²) < 4.78 is 4.20. The van der Waals surface area contributed by atoms with E-state index in [2.05, 4.69) is 40.3 Å². The Morgan fingerprint density at radius 2 is 2.15 bits per heavy atom. The lowest BCUT2D eigenvalue weighted by molar-refractivity contribution is 0.0921. The van der Waals surface area contributed by atoms with Crippen molar-refractivity contribution in [2.75, 3.05) is 13.1 Å². The number of hydrogen-bond acceptors (Lipinski definition) is 5. The second kappa shape index (κ2) is 5.41. The molecule has 0 aromatic carbocycles. The normalized spacial score (nSPS) is 27.2. The van der Waals surface area contributed by atoms with Gasteiger partial charge in [-0.1, -0.05) is 6.92 Å². The van der Waals surface area contributed by atoms with Crippen LogP contribution >= 0.6 is 11.5 Å². The molecule has 1 aliphatic carbocycles. The first-order valence-corrected chi connectivity index (χ1v) is 8.20. The first kappa shape index (κ1) is 13.9. The van der Waals surface area contributed by atoms with Gasteiger partial charge in [0.1, 0.15) is 5.01 Å². The van der Waals surface area contributed by atoms with Crippen LogP contribution in [0.3, 0.4) is 0 Å². The highest BCUT2D eigenvalue weighted by Crippen LogP contribution is 2.40. The Kier molecular flexibility index (Phi) is 3.77. The van der Waals surface area contributed by atoms with Crippen molar-refractivity contribution in [3.63, 3.8) is 0 Å². The first-order valence-electron chi connectivity index (χ1n) is 7.43. The van der Waals surface area contributed by atoms with E-state index >= 15 is 0 Å². The van der Waals surface area contributed by atoms with Gasteiger partial charge in [0, 0.05) is 31.1 Å². The largest absolute Gasteiger partial charge is 0.345 e. The molecule has 1 aliphatic heterocycles. The molecule has 1 saturated carbocycles. The van der Waals surface area contributed by atoms with Crippen LogP contribution in [0.4, 0.5) is 0 Å². The van der Waals surface area contributed by atoms with Gasteiger partial charge in [0.25, 0.3) is 5.91 Å². The number of carbonyl (C=O) groups is 1. The lowest BCUT2D eigenvalue weighted by atomic mass is 10.1. The van der Waals surface area contributed by atoms with Gasteiger partial charge in [0.15, 0.2) is 0 Å². The number of rotatable bonds is 4. The lowest BCUT2D eigenvalue weighted by Gasteiger charge is -2.20. The average Bonchev–Trinajstić information content (AvgIpc) is 3.01. The van der Waals surface area contributed by atoms with Crippen LogP contribution in [-0.4, -0.2) is 45.3 Å². The molecule has 1 amide bonds. The van der Waals surface area contributed by atoms with Crippen LogP contribution in [-0.2, 0) is 0 Å². The van der Waals surface area contributed by atoms with Crippen LogP contribution < -0.4 is 5.32 Å². The molecule has 0 spiro atoms. The Morgan fingerprint density at radius 1 is 1.40 bits per heavy atom. The van der Waals surface area contributed by atoms with Crippen molar-refractivity contribution < 1.29 is 4.79 Å². The zero-order chi connectivity index (χ0) is 14.3. The number of aromatic nitrogens is 2. The molecule has 1 N–H and O–H groups in total. The van der Waals surface area contributed by atoms with Crippen LogP contribution in [0, 0.1) is 5.92 Å². The van der Waals surface area contributed by atoms with E-state index in [-0.39, 0.29) is 11.9 Å². The van der Waals surface area contributed by atoms with Crippen LogP contribution in [0.5, 0.6) is 0 Å². The molecule has 0 radical (unpaired) electrons. The molecule has 1 aromatic rings. The van der Waals surface area contributed by atoms with Crippen molar-refractivity contribution in [3.05, 3.63) is 10.8 Å². The Bertz CT molecular complexity index is 497. The summed E-state index contributed by atoms with van der Waals surface area (Å²) in [6.45, 7) is 8.55. The molecule has 2 unspecified atom stereocenters. The zero-order valence-corrected chi connectivity index (χ0v) is 13.1. The summed E-state index contributed by atoms with van der Waals surface area (Å²) in [4.78, 5) is 19.0. The van der Waals surface area contributed by atoms with Gasteiger partial charge in [0.2, 0.25) is 5.82 Å². The predicted octanol–water partition coefficient (Wildman–Crippen LogP) is 1.87. The highest BCUT2D eigenvalue weighted by molar-refractivity contribution is 7.05. The summed E-state index contributed by atoms with van der Waals surface area (Å²) in [6.07, 6.45) is 2.39. The monoisotopic (exact) mass is 294 g/mol. The van der Waals surface area contributed by atoms with Crippen molar-refractivity contribution in [1.82, 2.24) is 19.6 Å². The Balaban J connectivity index is 1.60. The third-order valence-corrected chi connectivity index (χ3v) is 5.13. The summed E-state index contributed by atoms with van der Waals surface area (Å²) in [6, 6.07) is 0.732. The molecule has 5 nitrogen and oxygen atoms in total. The molecular weight excluding hydrogens is 272 g/mol. The Hall–Kier alpha value is -1.01. The van der Waals surface area contributed by atoms with E-state index in [0.29, 0.717) is 23.7 Å². The van der Waals surface area contributed by atoms with Crippen LogP contribution in [0.2, 0.25) is 0 Å². The van der Waals surface area contributed by atoms with Crippen molar-refractivity contribution >= 4 is 17.4 Å². The quantitative estimate of drug-likeness (QED) is 0.921. The van der Waals surface area contributed by atoms with Crippen molar-refractivity contribution in [2.45, 2.75) is 51.6 Å². The summed E-state index contributed by atoms with van der Waals surface area (Å²) in [7, 11) is 0. The number of nitrogens with zero attached hydrogens (tertiary/aromatic N) is 3. The maximum absolute atomic E-state index is 12.2. The van der Waals surface area contributed by atoms with E-state index in [0.717, 1.165) is 18.1 Å². The van der Waals surface area contributed by atoms with Crippen LogP contribution in [0.25, 0.3) is 0 Å². The van der Waals surface area contributed by atoms with Gasteiger partial charge in [-0.2, -0.15) is 4.37 Å². The molecule has 20 heavy (non-hydrogen) atoms. The van der Waals surface area contributed by atoms with Gasteiger partial charge >= 0.3 is 0 Å². The Labute approximate surface area is 123 Å². The fourth-order valence-corrected chi connectivity index (χ4v) is 3.49. The molecule has 1 aromatic heterocycles. The van der Waals surface area contributed by atoms with Crippen molar-refractivity contribution in [1.29, 1.82) is 0 Å². The van der Waals surface area contributed by atoms with Crippen molar-refractivity contribution in [3.8, 4) is 0 Å². The van der Waals surface area contributed by atoms with Gasteiger partial charge in [-0.15, -0.1) is 0 Å². The van der Waals surface area contributed by atoms with E-state index in [4.69, 9.17) is 0 Å². The molecule has 3 rings (SSSR count). The molecule has 110 valence electrons. The highest BCUT2D eigenvalue weighted by atomic mass is 32.1. The fraction of sp³-hybridized carbons (Fsp3) is 0.786. The van der Waals surface area contributed by atoms with Crippen molar-refractivity contribution in [2.24, 2.45) is 5.92 Å². The molecule has 0 bridgehead atoms. The molecule has 2 fully saturated rings. The molecular formula is C14H22N4OS. The minimum absolute atomic E-state index is 0.115. The maximum Gasteiger partial charge on any atom is 0.290 e. The highest BCUT2D eigenvalue weighted by Gasteiger charge is 2.33. The SMILES string of the molecule is CC1CN(C(C)C)CC1NC(=O)c1nsc(C2CC2)n1. The molecule has 2 atom stereocenters. The number of nitrogens with one attached hydrogen (secondary N) is 1. The van der Waals surface area contributed by atoms with E-state index in [1.54, 1.807) is 0 Å². The minimum atomic E-state index is -0.115. The standard InChI is InChI=1S/C14H22N4OS/c1-8(2)18-6-9(3)11(7-18)15-13(19)12-16-14(20-17-12)10-4-5-10/h8-11H,4-7H2,1-3H3,(H,15,19). The van der Waals surface area contributed by atoms with E-state index in [1.165, 1.54) is 24.4 Å². The van der Waals surface area contributed by atoms with Crippen LogP contribution in [0.1, 0.15) is 55.2 Å². The molecule has 1 saturated heterocycles. The second-order valence-corrected chi connectivity index (χ2v) is 7.12. The lowest BCUT2D eigenvalue weighted by Crippen LogP contribution is -2.40.